The maximum Gasteiger partial charge on any atom is 0.0520 e. The Morgan fingerprint density at radius 1 is 0.846 bits per heavy atom. The van der Waals surface area contributed by atoms with E-state index in [1.54, 1.807) is 0 Å². The first-order valence-electron chi connectivity index (χ1n) is 9.46. The van der Waals surface area contributed by atoms with Crippen molar-refractivity contribution in [1.82, 2.24) is 10.2 Å². The molecule has 0 amide bonds. The molecule has 0 unspecified atom stereocenters. The summed E-state index contributed by atoms with van der Waals surface area (Å²) in [6, 6.07) is 33.7. The molecule has 2 heteroatoms. The van der Waals surface area contributed by atoms with Gasteiger partial charge in [0.25, 0.3) is 0 Å². The van der Waals surface area contributed by atoms with Crippen molar-refractivity contribution in [2.24, 2.45) is 0 Å². The van der Waals surface area contributed by atoms with Crippen LogP contribution in [-0.2, 0) is 6.54 Å². The Bertz CT molecular complexity index is 801. The van der Waals surface area contributed by atoms with Crippen LogP contribution in [0.5, 0.6) is 0 Å². The molecule has 3 aromatic rings. The lowest BCUT2D eigenvalue weighted by Crippen LogP contribution is -2.60. The van der Waals surface area contributed by atoms with Crippen LogP contribution in [0, 0.1) is 0 Å². The number of likely N-dealkylation sites (tertiary alicyclic amines) is 1. The van der Waals surface area contributed by atoms with Gasteiger partial charge in [-0.1, -0.05) is 91.0 Å². The largest absolute Gasteiger partial charge is 0.307 e. The monoisotopic (exact) mass is 342 g/mol. The van der Waals surface area contributed by atoms with Gasteiger partial charge in [0.1, 0.15) is 0 Å². The van der Waals surface area contributed by atoms with Gasteiger partial charge in [0.15, 0.2) is 0 Å². The molecule has 0 saturated carbocycles. The van der Waals surface area contributed by atoms with E-state index in [0.717, 1.165) is 13.1 Å². The molecule has 2 nitrogen and oxygen atoms in total. The highest BCUT2D eigenvalue weighted by atomic mass is 15.3. The van der Waals surface area contributed by atoms with Gasteiger partial charge in [-0.15, -0.1) is 0 Å². The van der Waals surface area contributed by atoms with E-state index in [2.05, 4.69) is 108 Å². The molecule has 1 heterocycles. The molecule has 4 rings (SSSR count). The standard InChI is InChI=1S/C24H26N2/c1-19(21-13-7-3-8-14-21)26-18-23(24(26)22-15-9-4-10-16-22)25-17-20-11-5-2-6-12-20/h2-16,19,23-25H,17-18H2,1H3/t19-,23-,24-/m0/s1. The average molecular weight is 342 g/mol. The van der Waals surface area contributed by atoms with Gasteiger partial charge in [-0.25, -0.2) is 0 Å². The Kier molecular flexibility index (Phi) is 5.14. The van der Waals surface area contributed by atoms with Gasteiger partial charge in [0, 0.05) is 25.2 Å². The van der Waals surface area contributed by atoms with Gasteiger partial charge in [0.2, 0.25) is 0 Å². The summed E-state index contributed by atoms with van der Waals surface area (Å²) in [7, 11) is 0. The summed E-state index contributed by atoms with van der Waals surface area (Å²) in [5.74, 6) is 0. The molecule has 1 fully saturated rings. The fraction of sp³-hybridized carbons (Fsp3) is 0.250. The zero-order valence-corrected chi connectivity index (χ0v) is 15.3. The van der Waals surface area contributed by atoms with Crippen molar-refractivity contribution in [3.8, 4) is 0 Å². The molecule has 0 aromatic heterocycles. The van der Waals surface area contributed by atoms with Gasteiger partial charge in [0.05, 0.1) is 6.04 Å². The van der Waals surface area contributed by atoms with E-state index in [1.807, 2.05) is 0 Å². The molecule has 1 saturated heterocycles. The van der Waals surface area contributed by atoms with Gasteiger partial charge in [-0.05, 0) is 23.6 Å². The van der Waals surface area contributed by atoms with Gasteiger partial charge >= 0.3 is 0 Å². The van der Waals surface area contributed by atoms with Crippen LogP contribution < -0.4 is 5.32 Å². The van der Waals surface area contributed by atoms with E-state index in [9.17, 15) is 0 Å². The van der Waals surface area contributed by atoms with Crippen LogP contribution in [0.15, 0.2) is 91.0 Å². The van der Waals surface area contributed by atoms with Crippen LogP contribution in [0.25, 0.3) is 0 Å². The number of nitrogens with one attached hydrogen (secondary N) is 1. The highest BCUT2D eigenvalue weighted by molar-refractivity contribution is 5.27. The second kappa shape index (κ2) is 7.86. The number of rotatable bonds is 6. The Labute approximate surface area is 156 Å². The topological polar surface area (TPSA) is 15.3 Å². The first-order chi connectivity index (χ1) is 12.8. The van der Waals surface area contributed by atoms with E-state index >= 15 is 0 Å². The predicted molar refractivity (Wildman–Crippen MR) is 108 cm³/mol. The van der Waals surface area contributed by atoms with Crippen LogP contribution in [0.2, 0.25) is 0 Å². The van der Waals surface area contributed by atoms with Gasteiger partial charge < -0.3 is 5.32 Å². The predicted octanol–water partition coefficient (Wildman–Crippen LogP) is 4.96. The number of nitrogens with zero attached hydrogens (tertiary/aromatic N) is 1. The van der Waals surface area contributed by atoms with Crippen LogP contribution in [0.1, 0.15) is 35.7 Å². The van der Waals surface area contributed by atoms with Crippen molar-refractivity contribution in [3.05, 3.63) is 108 Å². The molecule has 1 N–H and O–H groups in total. The van der Waals surface area contributed by atoms with Crippen molar-refractivity contribution >= 4 is 0 Å². The number of benzene rings is 3. The Hall–Kier alpha value is -2.42. The van der Waals surface area contributed by atoms with Crippen LogP contribution in [-0.4, -0.2) is 17.5 Å². The van der Waals surface area contributed by atoms with Crippen molar-refractivity contribution in [2.75, 3.05) is 6.54 Å². The minimum absolute atomic E-state index is 0.412. The Morgan fingerprint density at radius 3 is 2.08 bits per heavy atom. The maximum atomic E-state index is 3.78. The average Bonchev–Trinajstić information content (AvgIpc) is 2.69. The molecule has 3 aromatic carbocycles. The SMILES string of the molecule is C[C@@H](c1ccccc1)N1C[C@H](NCc2ccccc2)[C@@H]1c1ccccc1. The zero-order valence-electron chi connectivity index (χ0n) is 15.3. The first-order valence-corrected chi connectivity index (χ1v) is 9.46. The van der Waals surface area contributed by atoms with Gasteiger partial charge in [-0.2, -0.15) is 0 Å². The Morgan fingerprint density at radius 2 is 1.42 bits per heavy atom. The Balaban J connectivity index is 1.51. The summed E-state index contributed by atoms with van der Waals surface area (Å²) in [4.78, 5) is 2.60. The van der Waals surface area contributed by atoms with E-state index in [1.165, 1.54) is 16.7 Å². The van der Waals surface area contributed by atoms with Crippen LogP contribution >= 0.6 is 0 Å². The molecule has 1 aliphatic rings. The number of hydrogen-bond donors (Lipinski definition) is 1. The molecule has 0 spiro atoms. The summed E-state index contributed by atoms with van der Waals surface area (Å²) in [6.45, 7) is 4.31. The molecular formula is C24H26N2. The second-order valence-corrected chi connectivity index (χ2v) is 7.11. The van der Waals surface area contributed by atoms with Crippen molar-refractivity contribution < 1.29 is 0 Å². The number of hydrogen-bond acceptors (Lipinski definition) is 2. The lowest BCUT2D eigenvalue weighted by atomic mass is 9.86. The fourth-order valence-corrected chi connectivity index (χ4v) is 3.95. The summed E-state index contributed by atoms with van der Waals surface area (Å²) < 4.78 is 0. The zero-order chi connectivity index (χ0) is 17.8. The van der Waals surface area contributed by atoms with Crippen LogP contribution in [0.4, 0.5) is 0 Å². The highest BCUT2D eigenvalue weighted by Gasteiger charge is 2.42. The summed E-state index contributed by atoms with van der Waals surface area (Å²) in [5, 5.41) is 3.78. The highest BCUT2D eigenvalue weighted by Crippen LogP contribution is 2.40. The smallest absolute Gasteiger partial charge is 0.0520 e. The van der Waals surface area contributed by atoms with E-state index in [4.69, 9.17) is 0 Å². The molecule has 0 radical (unpaired) electrons. The quantitative estimate of drug-likeness (QED) is 0.681. The van der Waals surface area contributed by atoms with Crippen molar-refractivity contribution in [3.63, 3.8) is 0 Å². The molecule has 132 valence electrons. The third-order valence-electron chi connectivity index (χ3n) is 5.48. The first kappa shape index (κ1) is 17.0. The minimum Gasteiger partial charge on any atom is -0.307 e. The van der Waals surface area contributed by atoms with Crippen molar-refractivity contribution in [1.29, 1.82) is 0 Å². The van der Waals surface area contributed by atoms with E-state index < -0.39 is 0 Å². The third kappa shape index (κ3) is 3.57. The van der Waals surface area contributed by atoms with Gasteiger partial charge in [-0.3, -0.25) is 4.90 Å². The molecule has 1 aliphatic heterocycles. The van der Waals surface area contributed by atoms with E-state index in [0.29, 0.717) is 18.1 Å². The molecule has 0 bridgehead atoms. The third-order valence-corrected chi connectivity index (χ3v) is 5.48. The molecular weight excluding hydrogens is 316 g/mol. The lowest BCUT2D eigenvalue weighted by Gasteiger charge is -2.52. The van der Waals surface area contributed by atoms with Crippen LogP contribution in [0.3, 0.4) is 0 Å². The molecule has 26 heavy (non-hydrogen) atoms. The maximum absolute atomic E-state index is 3.78. The normalized spacial score (nSPS) is 21.1. The molecule has 3 atom stereocenters. The lowest BCUT2D eigenvalue weighted by molar-refractivity contribution is 0.00483. The van der Waals surface area contributed by atoms with E-state index in [-0.39, 0.29) is 0 Å². The second-order valence-electron chi connectivity index (χ2n) is 7.11. The molecule has 0 aliphatic carbocycles. The summed E-state index contributed by atoms with van der Waals surface area (Å²) in [5.41, 5.74) is 4.12. The summed E-state index contributed by atoms with van der Waals surface area (Å²) in [6.07, 6.45) is 0. The fourth-order valence-electron chi connectivity index (χ4n) is 3.95. The minimum atomic E-state index is 0.412. The van der Waals surface area contributed by atoms with Crippen molar-refractivity contribution in [2.45, 2.75) is 31.6 Å². The summed E-state index contributed by atoms with van der Waals surface area (Å²) >= 11 is 0.